The van der Waals surface area contributed by atoms with Crippen LogP contribution < -0.4 is 5.32 Å². The Hall–Kier alpha value is -1.59. The molecule has 3 aliphatic rings. The summed E-state index contributed by atoms with van der Waals surface area (Å²) in [7, 11) is 0. The molecule has 2 saturated carbocycles. The van der Waals surface area contributed by atoms with Crippen LogP contribution >= 0.6 is 0 Å². The standard InChI is InChI=1S/C20H33N3O3/c1-14(2)23(16-10-5-4-6-11-16)17(24)13-22-18(25)20(21-19(22)26)12-8-7-9-15(20)3/h14-16H,4-13H2,1-3H3,(H,21,26)/t15-,20+/m0/s1. The first-order valence-electron chi connectivity index (χ1n) is 10.3. The molecule has 6 nitrogen and oxygen atoms in total. The molecule has 146 valence electrons. The van der Waals surface area contributed by atoms with Crippen LogP contribution in [-0.4, -0.2) is 51.8 Å². The lowest BCUT2D eigenvalue weighted by molar-refractivity contribution is -0.143. The molecule has 1 spiro atoms. The molecule has 0 aromatic heterocycles. The van der Waals surface area contributed by atoms with Gasteiger partial charge in [-0.1, -0.05) is 39.0 Å². The monoisotopic (exact) mass is 363 g/mol. The minimum Gasteiger partial charge on any atom is -0.336 e. The lowest BCUT2D eigenvalue weighted by Gasteiger charge is -2.38. The number of nitrogens with one attached hydrogen (secondary N) is 1. The third-order valence-corrected chi connectivity index (χ3v) is 6.61. The van der Waals surface area contributed by atoms with Crippen molar-refractivity contribution < 1.29 is 14.4 Å². The van der Waals surface area contributed by atoms with E-state index >= 15 is 0 Å². The van der Waals surface area contributed by atoms with Crippen molar-refractivity contribution >= 4 is 17.8 Å². The van der Waals surface area contributed by atoms with Crippen LogP contribution in [0.15, 0.2) is 0 Å². The zero-order valence-corrected chi connectivity index (χ0v) is 16.4. The number of rotatable bonds is 4. The molecule has 3 fully saturated rings. The highest BCUT2D eigenvalue weighted by Gasteiger charge is 2.55. The van der Waals surface area contributed by atoms with E-state index in [1.165, 1.54) is 11.3 Å². The van der Waals surface area contributed by atoms with Gasteiger partial charge in [0.1, 0.15) is 12.1 Å². The number of amides is 4. The SMILES string of the molecule is CC(C)N(C(=O)CN1C(=O)N[C@@]2(CCCC[C@@H]2C)C1=O)C1CCCCC1. The zero-order valence-electron chi connectivity index (χ0n) is 16.4. The highest BCUT2D eigenvalue weighted by atomic mass is 16.2. The first-order valence-corrected chi connectivity index (χ1v) is 10.3. The number of nitrogens with zero attached hydrogens (tertiary/aromatic N) is 2. The molecule has 1 saturated heterocycles. The normalized spacial score (nSPS) is 30.2. The second-order valence-corrected chi connectivity index (χ2v) is 8.63. The fourth-order valence-corrected chi connectivity index (χ4v) is 5.13. The van der Waals surface area contributed by atoms with Gasteiger partial charge in [-0.25, -0.2) is 4.79 Å². The van der Waals surface area contributed by atoms with Crippen molar-refractivity contribution in [2.45, 2.75) is 96.2 Å². The Balaban J connectivity index is 1.73. The summed E-state index contributed by atoms with van der Waals surface area (Å²) in [6.07, 6.45) is 9.20. The lowest BCUT2D eigenvalue weighted by Crippen LogP contribution is -2.54. The average Bonchev–Trinajstić information content (AvgIpc) is 2.83. The van der Waals surface area contributed by atoms with Gasteiger partial charge in [0.2, 0.25) is 5.91 Å². The number of hydrogen-bond donors (Lipinski definition) is 1. The van der Waals surface area contributed by atoms with E-state index in [1.807, 2.05) is 25.7 Å². The van der Waals surface area contributed by atoms with Crippen molar-refractivity contribution in [3.8, 4) is 0 Å². The van der Waals surface area contributed by atoms with Crippen LogP contribution in [0.25, 0.3) is 0 Å². The van der Waals surface area contributed by atoms with Gasteiger partial charge in [-0.3, -0.25) is 14.5 Å². The Kier molecular flexibility index (Phi) is 5.58. The highest BCUT2D eigenvalue weighted by molar-refractivity contribution is 6.09. The third kappa shape index (κ3) is 3.35. The van der Waals surface area contributed by atoms with Crippen molar-refractivity contribution in [1.29, 1.82) is 0 Å². The molecule has 3 rings (SSSR count). The highest BCUT2D eigenvalue weighted by Crippen LogP contribution is 2.38. The van der Waals surface area contributed by atoms with Crippen LogP contribution in [0.2, 0.25) is 0 Å². The molecule has 6 heteroatoms. The minimum absolute atomic E-state index is 0.0777. The smallest absolute Gasteiger partial charge is 0.325 e. The lowest BCUT2D eigenvalue weighted by atomic mass is 9.73. The van der Waals surface area contributed by atoms with Crippen LogP contribution in [0.5, 0.6) is 0 Å². The summed E-state index contributed by atoms with van der Waals surface area (Å²) in [6, 6.07) is -0.0852. The predicted octanol–water partition coefficient (Wildman–Crippen LogP) is 3.06. The number of carbonyl (C=O) groups excluding carboxylic acids is 3. The molecule has 0 unspecified atom stereocenters. The fourth-order valence-electron chi connectivity index (χ4n) is 5.13. The molecule has 0 aromatic carbocycles. The van der Waals surface area contributed by atoms with Gasteiger partial charge in [0.25, 0.3) is 5.91 Å². The van der Waals surface area contributed by atoms with Crippen LogP contribution in [-0.2, 0) is 9.59 Å². The maximum absolute atomic E-state index is 13.1. The van der Waals surface area contributed by atoms with Gasteiger partial charge >= 0.3 is 6.03 Å². The summed E-state index contributed by atoms with van der Waals surface area (Å²) in [5.74, 6) is -0.182. The van der Waals surface area contributed by atoms with E-state index < -0.39 is 11.6 Å². The number of carbonyl (C=O) groups is 3. The van der Waals surface area contributed by atoms with Gasteiger partial charge in [0.15, 0.2) is 0 Å². The van der Waals surface area contributed by atoms with Crippen molar-refractivity contribution in [1.82, 2.24) is 15.1 Å². The molecule has 0 radical (unpaired) electrons. The van der Waals surface area contributed by atoms with E-state index in [4.69, 9.17) is 0 Å². The molecule has 2 aliphatic carbocycles. The average molecular weight is 364 g/mol. The second-order valence-electron chi connectivity index (χ2n) is 8.63. The van der Waals surface area contributed by atoms with Gasteiger partial charge < -0.3 is 10.2 Å². The summed E-state index contributed by atoms with van der Waals surface area (Å²) in [4.78, 5) is 41.7. The summed E-state index contributed by atoms with van der Waals surface area (Å²) >= 11 is 0. The van der Waals surface area contributed by atoms with E-state index in [1.54, 1.807) is 0 Å². The predicted molar refractivity (Wildman–Crippen MR) is 99.5 cm³/mol. The second kappa shape index (κ2) is 7.57. The van der Waals surface area contributed by atoms with Crippen molar-refractivity contribution in [3.63, 3.8) is 0 Å². The molecule has 26 heavy (non-hydrogen) atoms. The maximum Gasteiger partial charge on any atom is 0.325 e. The minimum atomic E-state index is -0.789. The van der Waals surface area contributed by atoms with Gasteiger partial charge in [-0.2, -0.15) is 0 Å². The van der Waals surface area contributed by atoms with E-state index in [0.717, 1.165) is 44.9 Å². The Labute approximate surface area is 156 Å². The molecule has 2 atom stereocenters. The van der Waals surface area contributed by atoms with Crippen LogP contribution in [0.3, 0.4) is 0 Å². The topological polar surface area (TPSA) is 69.7 Å². The molecule has 1 aliphatic heterocycles. The fraction of sp³-hybridized carbons (Fsp3) is 0.850. The first-order chi connectivity index (χ1) is 12.4. The summed E-state index contributed by atoms with van der Waals surface area (Å²) in [6.45, 7) is 5.94. The van der Waals surface area contributed by atoms with Gasteiger partial charge in [-0.05, 0) is 45.4 Å². The molecule has 0 aromatic rings. The summed E-state index contributed by atoms with van der Waals surface area (Å²) < 4.78 is 0. The quantitative estimate of drug-likeness (QED) is 0.781. The number of urea groups is 1. The number of hydrogen-bond acceptors (Lipinski definition) is 3. The molecular formula is C20H33N3O3. The molecule has 1 N–H and O–H groups in total. The van der Waals surface area contributed by atoms with Gasteiger partial charge in [0, 0.05) is 12.1 Å². The van der Waals surface area contributed by atoms with Crippen molar-refractivity contribution in [2.75, 3.05) is 6.54 Å². The molecule has 0 bridgehead atoms. The van der Waals surface area contributed by atoms with Crippen LogP contribution in [0.1, 0.15) is 78.6 Å². The largest absolute Gasteiger partial charge is 0.336 e. The summed E-state index contributed by atoms with van der Waals surface area (Å²) in [5, 5.41) is 2.94. The number of imide groups is 1. The Bertz CT molecular complexity index is 571. The van der Waals surface area contributed by atoms with Crippen molar-refractivity contribution in [3.05, 3.63) is 0 Å². The van der Waals surface area contributed by atoms with E-state index in [2.05, 4.69) is 5.32 Å². The van der Waals surface area contributed by atoms with E-state index in [9.17, 15) is 14.4 Å². The third-order valence-electron chi connectivity index (χ3n) is 6.61. The summed E-state index contributed by atoms with van der Waals surface area (Å²) in [5.41, 5.74) is -0.789. The Morgan fingerprint density at radius 2 is 1.81 bits per heavy atom. The molecule has 1 heterocycles. The van der Waals surface area contributed by atoms with Gasteiger partial charge in [-0.15, -0.1) is 0 Å². The van der Waals surface area contributed by atoms with Gasteiger partial charge in [0.05, 0.1) is 0 Å². The molecular weight excluding hydrogens is 330 g/mol. The van der Waals surface area contributed by atoms with Crippen molar-refractivity contribution in [2.24, 2.45) is 5.92 Å². The Morgan fingerprint density at radius 1 is 1.15 bits per heavy atom. The first kappa shape index (κ1) is 19.2. The van der Waals surface area contributed by atoms with Crippen LogP contribution in [0.4, 0.5) is 4.79 Å². The zero-order chi connectivity index (χ0) is 18.9. The maximum atomic E-state index is 13.1. The van der Waals surface area contributed by atoms with E-state index in [-0.39, 0.29) is 36.4 Å². The molecule has 4 amide bonds. The van der Waals surface area contributed by atoms with Crippen LogP contribution in [0, 0.1) is 5.92 Å². The Morgan fingerprint density at radius 3 is 2.42 bits per heavy atom. The van der Waals surface area contributed by atoms with E-state index in [0.29, 0.717) is 6.42 Å².